The summed E-state index contributed by atoms with van der Waals surface area (Å²) in [5.74, 6) is 2.68. The molecule has 1 aliphatic heterocycles. The van der Waals surface area contributed by atoms with Crippen molar-refractivity contribution >= 4 is 12.1 Å². The lowest BCUT2D eigenvalue weighted by Gasteiger charge is -1.77. The number of hydrogen-bond donors (Lipinski definition) is 0. The van der Waals surface area contributed by atoms with Crippen LogP contribution in [0.3, 0.4) is 0 Å². The lowest BCUT2D eigenvalue weighted by molar-refractivity contribution is 1.29. The molecule has 1 aliphatic rings. The SMILES string of the molecule is CC1=CN=CC=C=N1. The molecular formula is C6H6N2. The lowest BCUT2D eigenvalue weighted by Crippen LogP contribution is -1.60. The predicted octanol–water partition coefficient (Wildman–Crippen LogP) is 1.16. The molecule has 0 fully saturated rings. The third kappa shape index (κ3) is 1.17. The standard InChI is InChI=1S/C6H6N2/c1-6-5-7-3-2-4-8-6/h2-3,5H,1H3. The minimum Gasteiger partial charge on any atom is -0.262 e. The first kappa shape index (κ1) is 5.01. The summed E-state index contributed by atoms with van der Waals surface area (Å²) in [6.45, 7) is 1.88. The Bertz CT molecular complexity index is 193. The maximum atomic E-state index is 3.85. The van der Waals surface area contributed by atoms with Crippen molar-refractivity contribution in [3.8, 4) is 0 Å². The van der Waals surface area contributed by atoms with Crippen LogP contribution in [0.15, 0.2) is 28.0 Å². The molecule has 0 amide bonds. The van der Waals surface area contributed by atoms with Gasteiger partial charge in [-0.1, -0.05) is 0 Å². The van der Waals surface area contributed by atoms with Crippen molar-refractivity contribution in [2.24, 2.45) is 9.98 Å². The first-order valence-corrected chi connectivity index (χ1v) is 2.37. The van der Waals surface area contributed by atoms with E-state index in [4.69, 9.17) is 0 Å². The van der Waals surface area contributed by atoms with E-state index in [1.54, 1.807) is 18.5 Å². The van der Waals surface area contributed by atoms with Gasteiger partial charge in [-0.2, -0.15) is 0 Å². The predicted molar refractivity (Wildman–Crippen MR) is 34.3 cm³/mol. The van der Waals surface area contributed by atoms with Gasteiger partial charge in [-0.05, 0) is 12.8 Å². The first-order valence-electron chi connectivity index (χ1n) is 2.37. The third-order valence-corrected chi connectivity index (χ3v) is 0.737. The molecule has 0 unspecified atom stereocenters. The fourth-order valence-corrected chi connectivity index (χ4v) is 0.395. The summed E-state index contributed by atoms with van der Waals surface area (Å²) in [7, 11) is 0. The summed E-state index contributed by atoms with van der Waals surface area (Å²) in [4.78, 5) is 7.71. The maximum Gasteiger partial charge on any atom is 0.0655 e. The molecule has 0 saturated carbocycles. The van der Waals surface area contributed by atoms with Gasteiger partial charge in [-0.3, -0.25) is 4.99 Å². The van der Waals surface area contributed by atoms with Crippen LogP contribution in [0.1, 0.15) is 6.92 Å². The van der Waals surface area contributed by atoms with Gasteiger partial charge >= 0.3 is 0 Å². The fourth-order valence-electron chi connectivity index (χ4n) is 0.395. The molecule has 0 aliphatic carbocycles. The molecule has 0 atom stereocenters. The number of allylic oxidation sites excluding steroid dienone is 2. The van der Waals surface area contributed by atoms with Gasteiger partial charge in [0.1, 0.15) is 0 Å². The van der Waals surface area contributed by atoms with Gasteiger partial charge in [0, 0.05) is 18.5 Å². The van der Waals surface area contributed by atoms with Crippen LogP contribution in [0.4, 0.5) is 0 Å². The van der Waals surface area contributed by atoms with Gasteiger partial charge in [-0.15, -0.1) is 0 Å². The van der Waals surface area contributed by atoms with E-state index >= 15 is 0 Å². The minimum absolute atomic E-state index is 0.884. The summed E-state index contributed by atoms with van der Waals surface area (Å²) in [5, 5.41) is 0. The summed E-state index contributed by atoms with van der Waals surface area (Å²) >= 11 is 0. The molecule has 0 aromatic heterocycles. The Balaban J connectivity index is 2.94. The molecule has 0 saturated heterocycles. The van der Waals surface area contributed by atoms with Gasteiger partial charge < -0.3 is 0 Å². The van der Waals surface area contributed by atoms with Crippen LogP contribution in [0.25, 0.3) is 0 Å². The normalized spacial score (nSPS) is 15.9. The Labute approximate surface area is 48.0 Å². The van der Waals surface area contributed by atoms with Crippen molar-refractivity contribution in [1.82, 2.24) is 0 Å². The van der Waals surface area contributed by atoms with Crippen LogP contribution >= 0.6 is 0 Å². The molecule has 0 N–H and O–H groups in total. The van der Waals surface area contributed by atoms with Crippen LogP contribution in [0.5, 0.6) is 0 Å². The molecule has 0 radical (unpaired) electrons. The quantitative estimate of drug-likeness (QED) is 0.442. The van der Waals surface area contributed by atoms with Crippen LogP contribution in [-0.2, 0) is 0 Å². The van der Waals surface area contributed by atoms with Gasteiger partial charge in [-0.25, -0.2) is 4.99 Å². The monoisotopic (exact) mass is 106 g/mol. The van der Waals surface area contributed by atoms with Crippen LogP contribution in [-0.4, -0.2) is 12.1 Å². The zero-order valence-corrected chi connectivity index (χ0v) is 4.63. The fraction of sp³-hybridized carbons (Fsp3) is 0.167. The third-order valence-electron chi connectivity index (χ3n) is 0.737. The second-order valence-corrected chi connectivity index (χ2v) is 1.48. The second kappa shape index (κ2) is 2.24. The number of nitrogens with zero attached hydrogens (tertiary/aromatic N) is 2. The average molecular weight is 106 g/mol. The van der Waals surface area contributed by atoms with Crippen LogP contribution < -0.4 is 0 Å². The summed E-state index contributed by atoms with van der Waals surface area (Å²) in [6, 6.07) is 0. The van der Waals surface area contributed by atoms with Crippen molar-refractivity contribution in [3.63, 3.8) is 0 Å². The highest BCUT2D eigenvalue weighted by molar-refractivity contribution is 5.84. The molecular weight excluding hydrogens is 100 g/mol. The Morgan fingerprint density at radius 2 is 2.50 bits per heavy atom. The van der Waals surface area contributed by atoms with E-state index in [0.29, 0.717) is 0 Å². The molecule has 0 aromatic rings. The van der Waals surface area contributed by atoms with Crippen molar-refractivity contribution < 1.29 is 0 Å². The Morgan fingerprint density at radius 1 is 1.62 bits per heavy atom. The molecule has 40 valence electrons. The molecule has 2 nitrogen and oxygen atoms in total. The molecule has 1 heterocycles. The van der Waals surface area contributed by atoms with Crippen LogP contribution in [0, 0.1) is 0 Å². The Morgan fingerprint density at radius 3 is 3.38 bits per heavy atom. The van der Waals surface area contributed by atoms with Crippen molar-refractivity contribution in [1.29, 1.82) is 0 Å². The number of hydrogen-bond acceptors (Lipinski definition) is 2. The Kier molecular flexibility index (Phi) is 1.40. The zero-order valence-electron chi connectivity index (χ0n) is 4.63. The van der Waals surface area contributed by atoms with E-state index < -0.39 is 0 Å². The van der Waals surface area contributed by atoms with Crippen LogP contribution in [0.2, 0.25) is 0 Å². The largest absolute Gasteiger partial charge is 0.262 e. The van der Waals surface area contributed by atoms with Gasteiger partial charge in [0.25, 0.3) is 0 Å². The maximum absolute atomic E-state index is 3.85. The van der Waals surface area contributed by atoms with Gasteiger partial charge in [0.05, 0.1) is 5.70 Å². The van der Waals surface area contributed by atoms with E-state index in [0.717, 1.165) is 5.70 Å². The van der Waals surface area contributed by atoms with Crippen molar-refractivity contribution in [2.75, 3.05) is 0 Å². The van der Waals surface area contributed by atoms with Crippen molar-refractivity contribution in [3.05, 3.63) is 18.0 Å². The van der Waals surface area contributed by atoms with E-state index in [1.807, 2.05) is 6.92 Å². The highest BCUT2D eigenvalue weighted by Crippen LogP contribution is 1.92. The topological polar surface area (TPSA) is 24.7 Å². The Hall–Kier alpha value is -1.14. The van der Waals surface area contributed by atoms with E-state index in [-0.39, 0.29) is 0 Å². The van der Waals surface area contributed by atoms with Gasteiger partial charge in [0.2, 0.25) is 0 Å². The van der Waals surface area contributed by atoms with E-state index in [9.17, 15) is 0 Å². The molecule has 0 spiro atoms. The molecule has 8 heavy (non-hydrogen) atoms. The average Bonchev–Trinajstić information content (AvgIpc) is 1.94. The molecule has 2 heteroatoms. The smallest absolute Gasteiger partial charge is 0.0655 e. The minimum atomic E-state index is 0.884. The highest BCUT2D eigenvalue weighted by atomic mass is 14.8. The first-order chi connectivity index (χ1) is 3.89. The highest BCUT2D eigenvalue weighted by Gasteiger charge is 1.78. The van der Waals surface area contributed by atoms with E-state index in [1.165, 1.54) is 0 Å². The van der Waals surface area contributed by atoms with E-state index in [2.05, 4.69) is 15.9 Å². The number of rotatable bonds is 0. The summed E-state index contributed by atoms with van der Waals surface area (Å²) < 4.78 is 0. The molecule has 0 aromatic carbocycles. The zero-order chi connectivity index (χ0) is 5.82. The summed E-state index contributed by atoms with van der Waals surface area (Å²) in [6.07, 6.45) is 5.02. The second-order valence-electron chi connectivity index (χ2n) is 1.48. The molecule has 1 rings (SSSR count). The molecule has 0 bridgehead atoms. The van der Waals surface area contributed by atoms with Crippen molar-refractivity contribution in [2.45, 2.75) is 6.92 Å². The summed E-state index contributed by atoms with van der Waals surface area (Å²) in [5.41, 5.74) is 0.884. The van der Waals surface area contributed by atoms with Gasteiger partial charge in [0.15, 0.2) is 0 Å². The number of aliphatic imine (C=N–C) groups is 2. The lowest BCUT2D eigenvalue weighted by atomic mass is 10.6.